The molecule has 0 saturated carbocycles. The third-order valence-electron chi connectivity index (χ3n) is 3.91. The summed E-state index contributed by atoms with van der Waals surface area (Å²) < 4.78 is 1.18. The van der Waals surface area contributed by atoms with Crippen LogP contribution in [0.2, 0.25) is 5.02 Å². The summed E-state index contributed by atoms with van der Waals surface area (Å²) in [5, 5.41) is 7.76. The first-order valence-corrected chi connectivity index (χ1v) is 8.45. The average Bonchev–Trinajstić information content (AvgIpc) is 2.68. The number of amides is 1. The average molecular weight is 369 g/mol. The molecule has 132 valence electrons. The predicted octanol–water partition coefficient (Wildman–Crippen LogP) is 2.84. The second-order valence-electron chi connectivity index (χ2n) is 5.76. The Hall–Kier alpha value is -2.99. The zero-order chi connectivity index (χ0) is 18.5. The van der Waals surface area contributed by atoms with Crippen LogP contribution in [0.1, 0.15) is 18.5 Å². The molecular formula is C19H17ClN4O2. The number of pyridine rings is 1. The molecule has 7 heteroatoms. The van der Waals surface area contributed by atoms with E-state index in [1.54, 1.807) is 43.6 Å². The molecule has 1 amide bonds. The van der Waals surface area contributed by atoms with Gasteiger partial charge in [-0.15, -0.1) is 0 Å². The maximum absolute atomic E-state index is 12.4. The molecule has 1 unspecified atom stereocenters. The minimum Gasteiger partial charge on any atom is -0.350 e. The van der Waals surface area contributed by atoms with Crippen LogP contribution in [0.5, 0.6) is 0 Å². The van der Waals surface area contributed by atoms with E-state index in [0.29, 0.717) is 17.3 Å². The Morgan fingerprint density at radius 1 is 1.19 bits per heavy atom. The Kier molecular flexibility index (Phi) is 5.43. The predicted molar refractivity (Wildman–Crippen MR) is 99.7 cm³/mol. The summed E-state index contributed by atoms with van der Waals surface area (Å²) in [5.74, 6) is -0.294. The molecule has 26 heavy (non-hydrogen) atoms. The van der Waals surface area contributed by atoms with Crippen molar-refractivity contribution in [3.8, 4) is 11.3 Å². The minimum atomic E-state index is -0.744. The molecule has 2 heterocycles. The lowest BCUT2D eigenvalue weighted by atomic mass is 10.2. The largest absolute Gasteiger partial charge is 0.350 e. The third kappa shape index (κ3) is 4.15. The third-order valence-corrected chi connectivity index (χ3v) is 4.16. The van der Waals surface area contributed by atoms with Crippen molar-refractivity contribution in [2.45, 2.75) is 19.5 Å². The first-order chi connectivity index (χ1) is 12.5. The molecule has 0 aliphatic rings. The van der Waals surface area contributed by atoms with E-state index in [1.807, 2.05) is 18.2 Å². The van der Waals surface area contributed by atoms with Gasteiger partial charge in [-0.2, -0.15) is 5.10 Å². The van der Waals surface area contributed by atoms with Crippen molar-refractivity contribution in [3.05, 3.63) is 81.9 Å². The molecule has 1 aromatic carbocycles. The molecule has 0 radical (unpaired) electrons. The van der Waals surface area contributed by atoms with E-state index >= 15 is 0 Å². The SMILES string of the molecule is CC(C(=O)NCc1ccc(Cl)cc1)n1nc(-c2cccnc2)ccc1=O. The Labute approximate surface area is 155 Å². The van der Waals surface area contributed by atoms with Crippen LogP contribution in [-0.4, -0.2) is 20.7 Å². The van der Waals surface area contributed by atoms with Crippen molar-refractivity contribution in [2.24, 2.45) is 0 Å². The highest BCUT2D eigenvalue weighted by Gasteiger charge is 2.17. The normalized spacial score (nSPS) is 11.8. The number of benzene rings is 1. The molecule has 0 saturated heterocycles. The fourth-order valence-electron chi connectivity index (χ4n) is 2.42. The molecule has 0 fully saturated rings. The molecule has 0 aliphatic carbocycles. The van der Waals surface area contributed by atoms with Crippen LogP contribution in [0.3, 0.4) is 0 Å². The molecule has 0 spiro atoms. The zero-order valence-electron chi connectivity index (χ0n) is 14.1. The van der Waals surface area contributed by atoms with Gasteiger partial charge in [0.25, 0.3) is 5.56 Å². The standard InChI is InChI=1S/C19H17ClN4O2/c1-13(19(26)22-11-14-4-6-16(20)7-5-14)24-18(25)9-8-17(23-24)15-3-2-10-21-12-15/h2-10,12-13H,11H2,1H3,(H,22,26). The van der Waals surface area contributed by atoms with E-state index in [4.69, 9.17) is 11.6 Å². The van der Waals surface area contributed by atoms with Crippen molar-refractivity contribution < 1.29 is 4.79 Å². The van der Waals surface area contributed by atoms with Gasteiger partial charge < -0.3 is 5.32 Å². The number of nitrogens with one attached hydrogen (secondary N) is 1. The molecule has 1 N–H and O–H groups in total. The van der Waals surface area contributed by atoms with Crippen LogP contribution in [0, 0.1) is 0 Å². The summed E-state index contributed by atoms with van der Waals surface area (Å²) in [4.78, 5) is 28.6. The molecule has 1 atom stereocenters. The summed E-state index contributed by atoms with van der Waals surface area (Å²) in [7, 11) is 0. The molecule has 3 rings (SSSR count). The summed E-state index contributed by atoms with van der Waals surface area (Å²) >= 11 is 5.85. The fourth-order valence-corrected chi connectivity index (χ4v) is 2.55. The second kappa shape index (κ2) is 7.93. The second-order valence-corrected chi connectivity index (χ2v) is 6.20. The van der Waals surface area contributed by atoms with Crippen molar-refractivity contribution in [1.82, 2.24) is 20.1 Å². The quantitative estimate of drug-likeness (QED) is 0.751. The summed E-state index contributed by atoms with van der Waals surface area (Å²) in [5.41, 5.74) is 1.93. The Bertz CT molecular complexity index is 955. The van der Waals surface area contributed by atoms with Crippen molar-refractivity contribution in [2.75, 3.05) is 0 Å². The number of carbonyl (C=O) groups is 1. The lowest BCUT2D eigenvalue weighted by Crippen LogP contribution is -2.36. The Morgan fingerprint density at radius 3 is 2.65 bits per heavy atom. The summed E-state index contributed by atoms with van der Waals surface area (Å²) in [6.45, 7) is 1.98. The maximum Gasteiger partial charge on any atom is 0.267 e. The van der Waals surface area contributed by atoms with Crippen molar-refractivity contribution >= 4 is 17.5 Å². The number of aromatic nitrogens is 3. The highest BCUT2D eigenvalue weighted by atomic mass is 35.5. The Morgan fingerprint density at radius 2 is 1.96 bits per heavy atom. The molecule has 0 bridgehead atoms. The molecule has 6 nitrogen and oxygen atoms in total. The van der Waals surface area contributed by atoms with Crippen LogP contribution in [0.4, 0.5) is 0 Å². The van der Waals surface area contributed by atoms with Crippen molar-refractivity contribution in [3.63, 3.8) is 0 Å². The van der Waals surface area contributed by atoms with E-state index < -0.39 is 6.04 Å². The molecular weight excluding hydrogens is 352 g/mol. The van der Waals surface area contributed by atoms with E-state index in [-0.39, 0.29) is 11.5 Å². The zero-order valence-corrected chi connectivity index (χ0v) is 14.8. The van der Waals surface area contributed by atoms with E-state index in [2.05, 4.69) is 15.4 Å². The number of rotatable bonds is 5. The van der Waals surface area contributed by atoms with Gasteiger partial charge in [-0.05, 0) is 42.8 Å². The number of hydrogen-bond acceptors (Lipinski definition) is 4. The van der Waals surface area contributed by atoms with Gasteiger partial charge in [0, 0.05) is 35.6 Å². The highest BCUT2D eigenvalue weighted by Crippen LogP contribution is 2.14. The Balaban J connectivity index is 1.76. The summed E-state index contributed by atoms with van der Waals surface area (Å²) in [6, 6.07) is 13.1. The van der Waals surface area contributed by atoms with Gasteiger partial charge in [-0.25, -0.2) is 4.68 Å². The van der Waals surface area contributed by atoms with Gasteiger partial charge in [0.1, 0.15) is 6.04 Å². The number of nitrogens with zero attached hydrogens (tertiary/aromatic N) is 3. The van der Waals surface area contributed by atoms with Gasteiger partial charge in [0.05, 0.1) is 5.69 Å². The first kappa shape index (κ1) is 17.8. The smallest absolute Gasteiger partial charge is 0.267 e. The fraction of sp³-hybridized carbons (Fsp3) is 0.158. The monoisotopic (exact) mass is 368 g/mol. The van der Waals surface area contributed by atoms with Gasteiger partial charge >= 0.3 is 0 Å². The van der Waals surface area contributed by atoms with Gasteiger partial charge in [-0.1, -0.05) is 23.7 Å². The molecule has 0 aliphatic heterocycles. The lowest BCUT2D eigenvalue weighted by Gasteiger charge is -2.15. The summed E-state index contributed by atoms with van der Waals surface area (Å²) in [6.07, 6.45) is 3.31. The highest BCUT2D eigenvalue weighted by molar-refractivity contribution is 6.30. The van der Waals surface area contributed by atoms with Crippen LogP contribution >= 0.6 is 11.6 Å². The van der Waals surface area contributed by atoms with Gasteiger partial charge in [-0.3, -0.25) is 14.6 Å². The molecule has 3 aromatic rings. The van der Waals surface area contributed by atoms with Gasteiger partial charge in [0.15, 0.2) is 0 Å². The number of carbonyl (C=O) groups excluding carboxylic acids is 1. The number of hydrogen-bond donors (Lipinski definition) is 1. The van der Waals surface area contributed by atoms with E-state index in [0.717, 1.165) is 11.1 Å². The number of halogens is 1. The van der Waals surface area contributed by atoms with E-state index in [1.165, 1.54) is 10.7 Å². The topological polar surface area (TPSA) is 76.9 Å². The minimum absolute atomic E-state index is 0.294. The first-order valence-electron chi connectivity index (χ1n) is 8.07. The van der Waals surface area contributed by atoms with Crippen LogP contribution in [0.25, 0.3) is 11.3 Å². The van der Waals surface area contributed by atoms with Gasteiger partial charge in [0.2, 0.25) is 5.91 Å². The van der Waals surface area contributed by atoms with E-state index in [9.17, 15) is 9.59 Å². The van der Waals surface area contributed by atoms with Crippen molar-refractivity contribution in [1.29, 1.82) is 0 Å². The molecule has 2 aromatic heterocycles. The van der Waals surface area contributed by atoms with Crippen LogP contribution in [-0.2, 0) is 11.3 Å². The lowest BCUT2D eigenvalue weighted by molar-refractivity contribution is -0.124. The van der Waals surface area contributed by atoms with Crippen LogP contribution in [0.15, 0.2) is 65.7 Å². The maximum atomic E-state index is 12.4. The van der Waals surface area contributed by atoms with Crippen LogP contribution < -0.4 is 10.9 Å².